The van der Waals surface area contributed by atoms with Gasteiger partial charge in [0.15, 0.2) is 5.78 Å². The van der Waals surface area contributed by atoms with Gasteiger partial charge in [-0.2, -0.15) is 0 Å². The van der Waals surface area contributed by atoms with E-state index in [9.17, 15) is 14.0 Å². The van der Waals surface area contributed by atoms with Crippen molar-refractivity contribution in [3.8, 4) is 0 Å². The summed E-state index contributed by atoms with van der Waals surface area (Å²) in [5, 5.41) is 0. The summed E-state index contributed by atoms with van der Waals surface area (Å²) in [6.45, 7) is 4.07. The molecule has 0 fully saturated rings. The van der Waals surface area contributed by atoms with Crippen molar-refractivity contribution in [2.24, 2.45) is 5.41 Å². The smallest absolute Gasteiger partial charge is 0.232 e. The number of rotatable bonds is 2. The molecule has 0 saturated heterocycles. The fourth-order valence-electron chi connectivity index (χ4n) is 4.30. The van der Waals surface area contributed by atoms with Crippen molar-refractivity contribution in [3.63, 3.8) is 0 Å². The van der Waals surface area contributed by atoms with E-state index in [1.54, 1.807) is 17.0 Å². The van der Waals surface area contributed by atoms with Crippen LogP contribution in [-0.4, -0.2) is 11.7 Å². The van der Waals surface area contributed by atoms with Crippen LogP contribution in [0.3, 0.4) is 0 Å². The van der Waals surface area contributed by atoms with Gasteiger partial charge < -0.3 is 0 Å². The SMILES string of the molecule is CC1(C)CC(=O)C2=C(C1)N(c1cccc(F)c1)C(=O)CC2c1ccccc1. The Morgan fingerprint density at radius 3 is 2.44 bits per heavy atom. The summed E-state index contributed by atoms with van der Waals surface area (Å²) in [4.78, 5) is 27.8. The van der Waals surface area contributed by atoms with Gasteiger partial charge in [-0.15, -0.1) is 0 Å². The molecule has 0 aromatic heterocycles. The fraction of sp³-hybridized carbons (Fsp3) is 0.304. The Kier molecular flexibility index (Phi) is 4.22. The van der Waals surface area contributed by atoms with Crippen LogP contribution in [0.15, 0.2) is 65.9 Å². The van der Waals surface area contributed by atoms with Gasteiger partial charge >= 0.3 is 0 Å². The number of halogens is 1. The number of carbonyl (C=O) groups is 2. The Morgan fingerprint density at radius 2 is 1.74 bits per heavy atom. The molecule has 0 saturated carbocycles. The van der Waals surface area contributed by atoms with Gasteiger partial charge in [0.2, 0.25) is 5.91 Å². The van der Waals surface area contributed by atoms with Crippen LogP contribution in [0, 0.1) is 11.2 Å². The zero-order valence-corrected chi connectivity index (χ0v) is 15.5. The van der Waals surface area contributed by atoms with E-state index in [4.69, 9.17) is 0 Å². The molecule has 4 heteroatoms. The summed E-state index contributed by atoms with van der Waals surface area (Å²) in [6.07, 6.45) is 1.28. The average molecular weight is 363 g/mol. The molecular weight excluding hydrogens is 341 g/mol. The van der Waals surface area contributed by atoms with Crippen LogP contribution in [0.5, 0.6) is 0 Å². The predicted molar refractivity (Wildman–Crippen MR) is 103 cm³/mol. The van der Waals surface area contributed by atoms with Crippen LogP contribution in [0.25, 0.3) is 0 Å². The second-order valence-corrected chi connectivity index (χ2v) is 8.18. The highest BCUT2D eigenvalue weighted by Crippen LogP contribution is 2.48. The molecule has 2 aromatic carbocycles. The third-order valence-corrected chi connectivity index (χ3v) is 5.41. The number of nitrogens with zero attached hydrogens (tertiary/aromatic N) is 1. The fourth-order valence-corrected chi connectivity index (χ4v) is 4.30. The summed E-state index contributed by atoms with van der Waals surface area (Å²) in [6, 6.07) is 15.7. The standard InChI is InChI=1S/C23H22FNO2/c1-23(2)13-19-22(20(26)14-23)18(15-7-4-3-5-8-15)12-21(27)25(19)17-10-6-9-16(24)11-17/h3-11,18H,12-14H2,1-2H3. The summed E-state index contributed by atoms with van der Waals surface area (Å²) < 4.78 is 13.8. The normalized spacial score (nSPS) is 22.0. The number of benzene rings is 2. The van der Waals surface area contributed by atoms with Gasteiger partial charge in [0, 0.05) is 30.0 Å². The van der Waals surface area contributed by atoms with E-state index in [0.29, 0.717) is 24.1 Å². The third-order valence-electron chi connectivity index (χ3n) is 5.41. The first-order chi connectivity index (χ1) is 12.9. The predicted octanol–water partition coefficient (Wildman–Crippen LogP) is 4.99. The van der Waals surface area contributed by atoms with Crippen molar-refractivity contribution in [2.75, 3.05) is 4.90 Å². The van der Waals surface area contributed by atoms with Crippen LogP contribution in [0.2, 0.25) is 0 Å². The van der Waals surface area contributed by atoms with E-state index < -0.39 is 5.82 Å². The number of allylic oxidation sites excluding steroid dienone is 2. The number of Topliss-reactive ketones (excluding diaryl/α,β-unsaturated/α-hetero) is 1. The minimum atomic E-state index is -0.394. The van der Waals surface area contributed by atoms with Crippen molar-refractivity contribution in [3.05, 3.63) is 77.2 Å². The lowest BCUT2D eigenvalue weighted by Gasteiger charge is -2.43. The highest BCUT2D eigenvalue weighted by atomic mass is 19.1. The van der Waals surface area contributed by atoms with Gasteiger partial charge in [-0.05, 0) is 35.6 Å². The van der Waals surface area contributed by atoms with Crippen molar-refractivity contribution < 1.29 is 14.0 Å². The maximum absolute atomic E-state index is 13.8. The lowest BCUT2D eigenvalue weighted by atomic mass is 9.69. The Hall–Kier alpha value is -2.75. The lowest BCUT2D eigenvalue weighted by Crippen LogP contribution is -2.43. The van der Waals surface area contributed by atoms with E-state index in [0.717, 1.165) is 11.3 Å². The molecule has 3 nitrogen and oxygen atoms in total. The Morgan fingerprint density at radius 1 is 1.00 bits per heavy atom. The highest BCUT2D eigenvalue weighted by molar-refractivity contribution is 6.07. The third kappa shape index (κ3) is 3.20. The maximum atomic E-state index is 13.8. The van der Waals surface area contributed by atoms with Gasteiger partial charge in [0.05, 0.1) is 5.69 Å². The Labute approximate surface area is 158 Å². The first-order valence-corrected chi connectivity index (χ1v) is 9.25. The number of ketones is 1. The van der Waals surface area contributed by atoms with Crippen molar-refractivity contribution in [1.82, 2.24) is 0 Å². The van der Waals surface area contributed by atoms with Crippen LogP contribution in [0.1, 0.15) is 44.6 Å². The molecule has 27 heavy (non-hydrogen) atoms. The topological polar surface area (TPSA) is 37.4 Å². The Balaban J connectivity index is 1.91. The maximum Gasteiger partial charge on any atom is 0.232 e. The number of hydrogen-bond donors (Lipinski definition) is 0. The van der Waals surface area contributed by atoms with E-state index in [-0.39, 0.29) is 29.4 Å². The number of hydrogen-bond acceptors (Lipinski definition) is 2. The minimum absolute atomic E-state index is 0.0870. The molecule has 1 aliphatic heterocycles. The molecule has 1 aliphatic carbocycles. The van der Waals surface area contributed by atoms with Crippen LogP contribution >= 0.6 is 0 Å². The molecule has 138 valence electrons. The molecule has 0 spiro atoms. The largest absolute Gasteiger partial charge is 0.294 e. The molecule has 0 bridgehead atoms. The molecule has 4 rings (SSSR count). The molecular formula is C23H22FNO2. The zero-order chi connectivity index (χ0) is 19.2. The van der Waals surface area contributed by atoms with Crippen molar-refractivity contribution >= 4 is 17.4 Å². The number of carbonyl (C=O) groups excluding carboxylic acids is 2. The van der Waals surface area contributed by atoms with E-state index in [1.165, 1.54) is 12.1 Å². The summed E-state index contributed by atoms with van der Waals surface area (Å²) in [7, 11) is 0. The van der Waals surface area contributed by atoms with Crippen LogP contribution in [0.4, 0.5) is 10.1 Å². The van der Waals surface area contributed by atoms with E-state index >= 15 is 0 Å². The molecule has 0 N–H and O–H groups in total. The number of anilines is 1. The Bertz CT molecular complexity index is 946. The van der Waals surface area contributed by atoms with E-state index in [2.05, 4.69) is 0 Å². The quantitative estimate of drug-likeness (QED) is 0.754. The average Bonchev–Trinajstić information content (AvgIpc) is 2.60. The second kappa shape index (κ2) is 6.45. The molecule has 1 unspecified atom stereocenters. The van der Waals surface area contributed by atoms with Gasteiger partial charge in [-0.3, -0.25) is 14.5 Å². The molecule has 0 radical (unpaired) electrons. The van der Waals surface area contributed by atoms with Crippen LogP contribution < -0.4 is 4.90 Å². The lowest BCUT2D eigenvalue weighted by molar-refractivity contribution is -0.121. The van der Waals surface area contributed by atoms with Gasteiger partial charge in [0.1, 0.15) is 5.82 Å². The van der Waals surface area contributed by atoms with Crippen molar-refractivity contribution in [1.29, 1.82) is 0 Å². The van der Waals surface area contributed by atoms with Gasteiger partial charge in [0.25, 0.3) is 0 Å². The second-order valence-electron chi connectivity index (χ2n) is 8.18. The molecule has 1 atom stereocenters. The summed E-state index contributed by atoms with van der Waals surface area (Å²) in [5.74, 6) is -0.640. The first-order valence-electron chi connectivity index (χ1n) is 9.25. The summed E-state index contributed by atoms with van der Waals surface area (Å²) in [5.41, 5.74) is 2.67. The number of amides is 1. The minimum Gasteiger partial charge on any atom is -0.294 e. The van der Waals surface area contributed by atoms with Gasteiger partial charge in [-0.25, -0.2) is 4.39 Å². The first kappa shape index (κ1) is 17.7. The molecule has 1 amide bonds. The zero-order valence-electron chi connectivity index (χ0n) is 15.5. The summed E-state index contributed by atoms with van der Waals surface area (Å²) >= 11 is 0. The molecule has 1 heterocycles. The van der Waals surface area contributed by atoms with Gasteiger partial charge in [-0.1, -0.05) is 50.2 Å². The monoisotopic (exact) mass is 363 g/mol. The molecule has 2 aliphatic rings. The van der Waals surface area contributed by atoms with Crippen LogP contribution in [-0.2, 0) is 9.59 Å². The van der Waals surface area contributed by atoms with E-state index in [1.807, 2.05) is 44.2 Å². The molecule has 2 aromatic rings. The van der Waals surface area contributed by atoms with Crippen molar-refractivity contribution in [2.45, 2.75) is 39.0 Å². The highest BCUT2D eigenvalue weighted by Gasteiger charge is 2.44.